The van der Waals surface area contributed by atoms with Gasteiger partial charge in [0, 0.05) is 11.8 Å². The van der Waals surface area contributed by atoms with E-state index in [1.165, 1.54) is 29.2 Å². The fourth-order valence-electron chi connectivity index (χ4n) is 1.49. The molecule has 2 aromatic rings. The zero-order valence-electron chi connectivity index (χ0n) is 10.4. The Balaban J connectivity index is 2.04. The quantitative estimate of drug-likeness (QED) is 0.794. The largest absolute Gasteiger partial charge is 0.384 e. The summed E-state index contributed by atoms with van der Waals surface area (Å²) in [6.07, 6.45) is 2.98. The molecule has 0 aliphatic rings. The summed E-state index contributed by atoms with van der Waals surface area (Å²) >= 11 is 0. The number of carbonyl (C=O) groups excluding carboxylic acids is 1. The average molecular weight is 274 g/mol. The Labute approximate surface area is 114 Å². The molecule has 0 unspecified atom stereocenters. The summed E-state index contributed by atoms with van der Waals surface area (Å²) in [6, 6.07) is 4.15. The maximum Gasteiger partial charge on any atom is 0.246 e. The van der Waals surface area contributed by atoms with Crippen molar-refractivity contribution in [2.24, 2.45) is 0 Å². The normalized spacial score (nSPS) is 9.70. The third-order valence-corrected chi connectivity index (χ3v) is 2.33. The summed E-state index contributed by atoms with van der Waals surface area (Å²) in [5.41, 5.74) is 0.482. The molecule has 1 aromatic carbocycles. The first-order valence-electron chi connectivity index (χ1n) is 5.72. The van der Waals surface area contributed by atoms with Crippen LogP contribution in [0.5, 0.6) is 0 Å². The molecule has 20 heavy (non-hydrogen) atoms. The summed E-state index contributed by atoms with van der Waals surface area (Å²) in [5.74, 6) is 3.98. The van der Waals surface area contributed by atoms with Gasteiger partial charge in [0.05, 0.1) is 11.9 Å². The fraction of sp³-hybridized carbons (Fsp3) is 0.154. The van der Waals surface area contributed by atoms with Crippen molar-refractivity contribution in [3.05, 3.63) is 42.0 Å². The Morgan fingerprint density at radius 3 is 3.00 bits per heavy atom. The number of nitrogens with zero attached hydrogens (tertiary/aromatic N) is 3. The first-order valence-corrected chi connectivity index (χ1v) is 5.72. The molecule has 0 aliphatic carbocycles. The predicted molar refractivity (Wildman–Crippen MR) is 69.0 cm³/mol. The van der Waals surface area contributed by atoms with E-state index >= 15 is 0 Å². The van der Waals surface area contributed by atoms with Gasteiger partial charge in [-0.2, -0.15) is 0 Å². The van der Waals surface area contributed by atoms with Crippen LogP contribution in [0.1, 0.15) is 5.56 Å². The van der Waals surface area contributed by atoms with Crippen molar-refractivity contribution in [2.75, 3.05) is 11.9 Å². The van der Waals surface area contributed by atoms with Crippen LogP contribution in [0.2, 0.25) is 0 Å². The number of aliphatic hydroxyl groups is 1. The van der Waals surface area contributed by atoms with Crippen LogP contribution in [0.15, 0.2) is 30.6 Å². The van der Waals surface area contributed by atoms with E-state index in [0.29, 0.717) is 5.56 Å². The maximum absolute atomic E-state index is 13.7. The summed E-state index contributed by atoms with van der Waals surface area (Å²) < 4.78 is 15.1. The highest BCUT2D eigenvalue weighted by Crippen LogP contribution is 2.15. The van der Waals surface area contributed by atoms with Gasteiger partial charge < -0.3 is 10.4 Å². The molecule has 1 aromatic heterocycles. The summed E-state index contributed by atoms with van der Waals surface area (Å²) in [4.78, 5) is 11.7. The third-order valence-electron chi connectivity index (χ3n) is 2.33. The minimum atomic E-state index is -0.596. The van der Waals surface area contributed by atoms with Gasteiger partial charge in [-0.25, -0.2) is 9.07 Å². The van der Waals surface area contributed by atoms with Crippen molar-refractivity contribution in [1.29, 1.82) is 0 Å². The van der Waals surface area contributed by atoms with Crippen LogP contribution in [0.3, 0.4) is 0 Å². The highest BCUT2D eigenvalue weighted by molar-refractivity contribution is 5.90. The van der Waals surface area contributed by atoms with Gasteiger partial charge in [-0.1, -0.05) is 17.1 Å². The first kappa shape index (κ1) is 13.7. The number of benzene rings is 1. The number of amides is 1. The number of carbonyl (C=O) groups is 1. The molecular formula is C13H11FN4O2. The second kappa shape index (κ2) is 6.45. The van der Waals surface area contributed by atoms with Gasteiger partial charge in [-0.15, -0.1) is 5.10 Å². The third kappa shape index (κ3) is 3.63. The molecule has 0 radical (unpaired) electrons. The SMILES string of the molecule is O=C(Cn1ccnn1)Nc1ccc(C#CCO)cc1F. The minimum Gasteiger partial charge on any atom is -0.384 e. The Morgan fingerprint density at radius 1 is 1.50 bits per heavy atom. The number of aliphatic hydroxyl groups excluding tert-OH is 1. The molecule has 7 heteroatoms. The molecule has 1 heterocycles. The molecule has 0 saturated heterocycles. The number of aromatic nitrogens is 3. The highest BCUT2D eigenvalue weighted by atomic mass is 19.1. The van der Waals surface area contributed by atoms with Crippen LogP contribution < -0.4 is 5.32 Å². The second-order valence-electron chi connectivity index (χ2n) is 3.80. The average Bonchev–Trinajstić information content (AvgIpc) is 2.92. The van der Waals surface area contributed by atoms with Gasteiger partial charge in [-0.3, -0.25) is 4.79 Å². The molecule has 0 aliphatic heterocycles. The Bertz CT molecular complexity index is 659. The number of anilines is 1. The van der Waals surface area contributed by atoms with Gasteiger partial charge in [0.1, 0.15) is 19.0 Å². The van der Waals surface area contributed by atoms with Crippen LogP contribution in [-0.4, -0.2) is 32.6 Å². The van der Waals surface area contributed by atoms with Gasteiger partial charge in [0.15, 0.2) is 0 Å². The standard InChI is InChI=1S/C13H11FN4O2/c14-11-8-10(2-1-7-19)3-4-12(11)16-13(20)9-18-6-5-15-17-18/h3-6,8,19H,7,9H2,(H,16,20). The minimum absolute atomic E-state index is 0.0501. The molecule has 102 valence electrons. The van der Waals surface area contributed by atoms with Crippen LogP contribution in [0.4, 0.5) is 10.1 Å². The molecule has 0 atom stereocenters. The lowest BCUT2D eigenvalue weighted by molar-refractivity contribution is -0.116. The van der Waals surface area contributed by atoms with Crippen molar-refractivity contribution >= 4 is 11.6 Å². The number of nitrogens with one attached hydrogen (secondary N) is 1. The van der Waals surface area contributed by atoms with E-state index < -0.39 is 11.7 Å². The number of hydrogen-bond acceptors (Lipinski definition) is 4. The summed E-state index contributed by atoms with van der Waals surface area (Å²) in [5, 5.41) is 18.2. The number of rotatable bonds is 3. The van der Waals surface area contributed by atoms with Gasteiger partial charge >= 0.3 is 0 Å². The van der Waals surface area contributed by atoms with E-state index in [2.05, 4.69) is 27.5 Å². The molecule has 0 saturated carbocycles. The lowest BCUT2D eigenvalue weighted by Crippen LogP contribution is -2.19. The first-order chi connectivity index (χ1) is 9.69. The zero-order chi connectivity index (χ0) is 14.4. The summed E-state index contributed by atoms with van der Waals surface area (Å²) in [7, 11) is 0. The molecule has 1 amide bonds. The lowest BCUT2D eigenvalue weighted by atomic mass is 10.2. The Hall–Kier alpha value is -2.72. The van der Waals surface area contributed by atoms with Crippen molar-refractivity contribution in [3.63, 3.8) is 0 Å². The van der Waals surface area contributed by atoms with Crippen molar-refractivity contribution < 1.29 is 14.3 Å². The van der Waals surface area contributed by atoms with E-state index in [0.717, 1.165) is 0 Å². The van der Waals surface area contributed by atoms with E-state index in [4.69, 9.17) is 5.11 Å². The van der Waals surface area contributed by atoms with E-state index in [-0.39, 0.29) is 18.8 Å². The topological polar surface area (TPSA) is 80.0 Å². The van der Waals surface area contributed by atoms with E-state index in [9.17, 15) is 9.18 Å². The molecule has 6 nitrogen and oxygen atoms in total. The molecule has 0 spiro atoms. The van der Waals surface area contributed by atoms with Gasteiger partial charge in [0.25, 0.3) is 0 Å². The van der Waals surface area contributed by atoms with E-state index in [1.807, 2.05) is 0 Å². The Morgan fingerprint density at radius 2 is 2.35 bits per heavy atom. The number of halogens is 1. The Kier molecular flexibility index (Phi) is 4.42. The molecule has 0 bridgehead atoms. The van der Waals surface area contributed by atoms with Crippen molar-refractivity contribution in [2.45, 2.75) is 6.54 Å². The predicted octanol–water partition coefficient (Wildman–Crippen LogP) is 0.400. The molecular weight excluding hydrogens is 263 g/mol. The molecule has 0 fully saturated rings. The highest BCUT2D eigenvalue weighted by Gasteiger charge is 2.08. The maximum atomic E-state index is 13.7. The lowest BCUT2D eigenvalue weighted by Gasteiger charge is -2.06. The van der Waals surface area contributed by atoms with E-state index in [1.54, 1.807) is 6.07 Å². The summed E-state index contributed by atoms with van der Waals surface area (Å²) in [6.45, 7) is -0.344. The van der Waals surface area contributed by atoms with Crippen LogP contribution in [0, 0.1) is 17.7 Å². The molecule has 2 rings (SSSR count). The van der Waals surface area contributed by atoms with Gasteiger partial charge in [-0.05, 0) is 18.2 Å². The smallest absolute Gasteiger partial charge is 0.246 e. The van der Waals surface area contributed by atoms with Crippen molar-refractivity contribution in [3.8, 4) is 11.8 Å². The van der Waals surface area contributed by atoms with Crippen LogP contribution in [-0.2, 0) is 11.3 Å². The second-order valence-corrected chi connectivity index (χ2v) is 3.80. The van der Waals surface area contributed by atoms with Crippen molar-refractivity contribution in [1.82, 2.24) is 15.0 Å². The zero-order valence-corrected chi connectivity index (χ0v) is 10.4. The monoisotopic (exact) mass is 274 g/mol. The van der Waals surface area contributed by atoms with Crippen LogP contribution in [0.25, 0.3) is 0 Å². The number of hydrogen-bond donors (Lipinski definition) is 2. The van der Waals surface area contributed by atoms with Gasteiger partial charge in [0.2, 0.25) is 5.91 Å². The molecule has 2 N–H and O–H groups in total. The fourth-order valence-corrected chi connectivity index (χ4v) is 1.49. The van der Waals surface area contributed by atoms with Crippen LogP contribution >= 0.6 is 0 Å².